The second-order valence-corrected chi connectivity index (χ2v) is 9.55. The van der Waals surface area contributed by atoms with Gasteiger partial charge < -0.3 is 10.1 Å². The van der Waals surface area contributed by atoms with E-state index < -0.39 is 4.87 Å². The summed E-state index contributed by atoms with van der Waals surface area (Å²) in [6.07, 6.45) is 0. The van der Waals surface area contributed by atoms with Gasteiger partial charge in [-0.2, -0.15) is 0 Å². The van der Waals surface area contributed by atoms with Crippen LogP contribution < -0.4 is 19.9 Å². The fourth-order valence-corrected chi connectivity index (χ4v) is 5.95. The van der Waals surface area contributed by atoms with Crippen LogP contribution in [0.2, 0.25) is 0 Å². The van der Waals surface area contributed by atoms with E-state index >= 15 is 0 Å². The highest BCUT2D eigenvalue weighted by molar-refractivity contribution is 8.02. The number of nitrogens with one attached hydrogen (secondary N) is 1. The first-order valence-electron chi connectivity index (χ1n) is 11.4. The van der Waals surface area contributed by atoms with Gasteiger partial charge in [0.05, 0.1) is 23.7 Å². The minimum Gasteiger partial charge on any atom is -0.492 e. The van der Waals surface area contributed by atoms with Gasteiger partial charge in [-0.25, -0.2) is 0 Å². The molecule has 8 heteroatoms. The molecule has 0 saturated carbocycles. The van der Waals surface area contributed by atoms with Crippen LogP contribution in [-0.2, 0) is 19.3 Å². The minimum atomic E-state index is -1.24. The number of hydrogen-bond donors (Lipinski definition) is 1. The molecular formula is C27H25N3O4S. The van der Waals surface area contributed by atoms with E-state index in [-0.39, 0.29) is 30.0 Å². The number of amides is 3. The molecule has 1 spiro atoms. The standard InChI is InChI=1S/C27H25N3O4S/c1-3-34-23-11-7-5-9-21(23)28-24(31)16-29-22-10-6-4-8-20(22)27(26(29)33)30(25(32)17-35-27)19-14-12-18(2)13-15-19/h4-15H,3,16-17H2,1-2H3,(H,28,31)/t27-/m1/s1. The third-order valence-electron chi connectivity index (χ3n) is 6.12. The molecule has 1 N–H and O–H groups in total. The first-order chi connectivity index (χ1) is 17.0. The summed E-state index contributed by atoms with van der Waals surface area (Å²) in [6, 6.07) is 22.1. The molecule has 7 nitrogen and oxygen atoms in total. The highest BCUT2D eigenvalue weighted by Crippen LogP contribution is 2.55. The zero-order valence-corrected chi connectivity index (χ0v) is 20.3. The predicted octanol–water partition coefficient (Wildman–Crippen LogP) is 4.31. The van der Waals surface area contributed by atoms with Crippen molar-refractivity contribution in [3.05, 3.63) is 83.9 Å². The van der Waals surface area contributed by atoms with Crippen molar-refractivity contribution in [3.63, 3.8) is 0 Å². The Morgan fingerprint density at radius 2 is 1.74 bits per heavy atom. The SMILES string of the molecule is CCOc1ccccc1NC(=O)CN1C(=O)[C@]2(SCC(=O)N2c2ccc(C)cc2)c2ccccc21. The molecule has 3 amide bonds. The van der Waals surface area contributed by atoms with E-state index in [1.807, 2.05) is 74.5 Å². The van der Waals surface area contributed by atoms with Crippen LogP contribution in [-0.4, -0.2) is 36.6 Å². The number of rotatable bonds is 6. The van der Waals surface area contributed by atoms with Crippen LogP contribution in [0.5, 0.6) is 5.75 Å². The monoisotopic (exact) mass is 487 g/mol. The number of aryl methyl sites for hydroxylation is 1. The molecule has 0 aromatic heterocycles. The maximum Gasteiger partial charge on any atom is 0.269 e. The van der Waals surface area contributed by atoms with Gasteiger partial charge in [0.15, 0.2) is 0 Å². The van der Waals surface area contributed by atoms with Crippen molar-refractivity contribution < 1.29 is 19.1 Å². The third kappa shape index (κ3) is 3.83. The van der Waals surface area contributed by atoms with Gasteiger partial charge in [0.1, 0.15) is 12.3 Å². The van der Waals surface area contributed by atoms with E-state index in [2.05, 4.69) is 5.32 Å². The lowest BCUT2D eigenvalue weighted by Gasteiger charge is -2.33. The van der Waals surface area contributed by atoms with Gasteiger partial charge in [0.25, 0.3) is 5.91 Å². The summed E-state index contributed by atoms with van der Waals surface area (Å²) < 4.78 is 5.60. The van der Waals surface area contributed by atoms with Crippen LogP contribution in [0.1, 0.15) is 18.1 Å². The van der Waals surface area contributed by atoms with Gasteiger partial charge >= 0.3 is 0 Å². The lowest BCUT2D eigenvalue weighted by Crippen LogP contribution is -2.50. The molecule has 2 aliphatic heterocycles. The van der Waals surface area contributed by atoms with E-state index in [1.165, 1.54) is 16.7 Å². The fraction of sp³-hybridized carbons (Fsp3) is 0.222. The molecule has 1 fully saturated rings. The third-order valence-corrected chi connectivity index (χ3v) is 7.50. The van der Waals surface area contributed by atoms with Crippen LogP contribution in [0.15, 0.2) is 72.8 Å². The number of hydrogen-bond acceptors (Lipinski definition) is 5. The van der Waals surface area contributed by atoms with Gasteiger partial charge in [-0.05, 0) is 44.2 Å². The van der Waals surface area contributed by atoms with Crippen molar-refractivity contribution in [3.8, 4) is 5.75 Å². The van der Waals surface area contributed by atoms with Gasteiger partial charge in [-0.1, -0.05) is 48.0 Å². The largest absolute Gasteiger partial charge is 0.492 e. The van der Waals surface area contributed by atoms with Gasteiger partial charge in [0.2, 0.25) is 16.7 Å². The van der Waals surface area contributed by atoms with Crippen LogP contribution in [0, 0.1) is 6.92 Å². The Hall–Kier alpha value is -3.78. The molecule has 0 bridgehead atoms. The summed E-state index contributed by atoms with van der Waals surface area (Å²) in [5.41, 5.74) is 3.60. The lowest BCUT2D eigenvalue weighted by atomic mass is 10.0. The highest BCUT2D eigenvalue weighted by atomic mass is 32.2. The molecule has 2 heterocycles. The second kappa shape index (κ2) is 9.11. The number of fused-ring (bicyclic) bond motifs is 2. The number of thioether (sulfide) groups is 1. The van der Waals surface area contributed by atoms with E-state index in [1.54, 1.807) is 17.0 Å². The van der Waals surface area contributed by atoms with Crippen molar-refractivity contribution in [2.45, 2.75) is 18.7 Å². The molecule has 35 heavy (non-hydrogen) atoms. The van der Waals surface area contributed by atoms with Gasteiger partial charge in [-0.3, -0.25) is 24.2 Å². The number of benzene rings is 3. The summed E-state index contributed by atoms with van der Waals surface area (Å²) >= 11 is 1.30. The summed E-state index contributed by atoms with van der Waals surface area (Å²) in [7, 11) is 0. The lowest BCUT2D eigenvalue weighted by molar-refractivity contribution is -0.124. The Bertz CT molecular complexity index is 1310. The molecule has 178 valence electrons. The zero-order valence-electron chi connectivity index (χ0n) is 19.5. The maximum atomic E-state index is 14.0. The van der Waals surface area contributed by atoms with E-state index in [4.69, 9.17) is 4.74 Å². The van der Waals surface area contributed by atoms with Crippen molar-refractivity contribution >= 4 is 46.5 Å². The molecule has 0 aliphatic carbocycles. The average Bonchev–Trinajstić information content (AvgIpc) is 3.32. The number of para-hydroxylation sites is 3. The van der Waals surface area contributed by atoms with Gasteiger partial charge in [0, 0.05) is 11.3 Å². The Labute approximate surface area is 208 Å². The average molecular weight is 488 g/mol. The summed E-state index contributed by atoms with van der Waals surface area (Å²) in [6.45, 7) is 4.13. The summed E-state index contributed by atoms with van der Waals surface area (Å²) in [4.78, 5) is 42.0. The quantitative estimate of drug-likeness (QED) is 0.561. The van der Waals surface area contributed by atoms with Gasteiger partial charge in [-0.15, -0.1) is 11.8 Å². The number of carbonyl (C=O) groups excluding carboxylic acids is 3. The van der Waals surface area contributed by atoms with E-state index in [0.29, 0.717) is 35.0 Å². The highest BCUT2D eigenvalue weighted by Gasteiger charge is 2.61. The van der Waals surface area contributed by atoms with E-state index in [9.17, 15) is 14.4 Å². The molecule has 2 aliphatic rings. The Morgan fingerprint density at radius 1 is 1.03 bits per heavy atom. The van der Waals surface area contributed by atoms with E-state index in [0.717, 1.165) is 5.56 Å². The zero-order chi connectivity index (χ0) is 24.6. The summed E-state index contributed by atoms with van der Waals surface area (Å²) in [5, 5.41) is 2.87. The maximum absolute atomic E-state index is 14.0. The van der Waals surface area contributed by atoms with Crippen molar-refractivity contribution in [2.75, 3.05) is 34.0 Å². The van der Waals surface area contributed by atoms with Crippen LogP contribution in [0.4, 0.5) is 17.1 Å². The molecule has 0 radical (unpaired) electrons. The predicted molar refractivity (Wildman–Crippen MR) is 138 cm³/mol. The molecule has 3 aromatic carbocycles. The molecule has 0 unspecified atom stereocenters. The molecule has 1 atom stereocenters. The second-order valence-electron chi connectivity index (χ2n) is 8.38. The van der Waals surface area contributed by atoms with Crippen LogP contribution in [0.3, 0.4) is 0 Å². The number of anilines is 3. The molecule has 5 rings (SSSR count). The number of carbonyl (C=O) groups is 3. The summed E-state index contributed by atoms with van der Waals surface area (Å²) in [5.74, 6) is -0.0539. The first-order valence-corrected chi connectivity index (χ1v) is 12.4. The Kier molecular flexibility index (Phi) is 5.98. The first kappa shape index (κ1) is 23.0. The fourth-order valence-electron chi connectivity index (χ4n) is 4.59. The Balaban J connectivity index is 1.49. The smallest absolute Gasteiger partial charge is 0.269 e. The molecule has 3 aromatic rings. The van der Waals surface area contributed by atoms with Crippen LogP contribution >= 0.6 is 11.8 Å². The number of nitrogens with zero attached hydrogens (tertiary/aromatic N) is 2. The van der Waals surface area contributed by atoms with Crippen molar-refractivity contribution in [2.24, 2.45) is 0 Å². The normalized spacial score (nSPS) is 18.8. The number of ether oxygens (including phenoxy) is 1. The van der Waals surface area contributed by atoms with Crippen LogP contribution in [0.25, 0.3) is 0 Å². The molecular weight excluding hydrogens is 462 g/mol. The van der Waals surface area contributed by atoms with Crippen molar-refractivity contribution in [1.82, 2.24) is 0 Å². The van der Waals surface area contributed by atoms with Crippen molar-refractivity contribution in [1.29, 1.82) is 0 Å². The molecule has 1 saturated heterocycles. The minimum absolute atomic E-state index is 0.140. The Morgan fingerprint density at radius 3 is 2.51 bits per heavy atom. The topological polar surface area (TPSA) is 79.0 Å².